The number of carbonyl (C=O) groups is 1. The maximum Gasteiger partial charge on any atom is 0.313 e. The van der Waals surface area contributed by atoms with Crippen LogP contribution >= 0.6 is 11.8 Å². The molecule has 1 heterocycles. The molecule has 0 unspecified atom stereocenters. The number of aryl methyl sites for hydroxylation is 1. The molecule has 20 heavy (non-hydrogen) atoms. The van der Waals surface area contributed by atoms with Crippen LogP contribution in [0.3, 0.4) is 0 Å². The summed E-state index contributed by atoms with van der Waals surface area (Å²) in [6.07, 6.45) is 2.59. The summed E-state index contributed by atoms with van der Waals surface area (Å²) in [6.45, 7) is 5.92. The third kappa shape index (κ3) is 5.75. The van der Waals surface area contributed by atoms with Crippen LogP contribution in [-0.4, -0.2) is 50.9 Å². The molecule has 0 fully saturated rings. The lowest BCUT2D eigenvalue weighted by Crippen LogP contribution is -2.28. The Bertz CT molecular complexity index is 502. The van der Waals surface area contributed by atoms with Gasteiger partial charge in [0.1, 0.15) is 0 Å². The van der Waals surface area contributed by atoms with Gasteiger partial charge in [0.15, 0.2) is 5.16 Å². The van der Waals surface area contributed by atoms with Gasteiger partial charge >= 0.3 is 5.97 Å². The highest BCUT2D eigenvalue weighted by molar-refractivity contribution is 7.99. The molecule has 0 amide bonds. The molecule has 7 heteroatoms. The summed E-state index contributed by atoms with van der Waals surface area (Å²) >= 11 is 1.07. The van der Waals surface area contributed by atoms with Gasteiger partial charge in [-0.2, -0.15) is 4.98 Å². The largest absolute Gasteiger partial charge is 0.481 e. The zero-order valence-electron chi connectivity index (χ0n) is 12.1. The molecule has 0 aliphatic carbocycles. The number of thioether (sulfide) groups is 1. The summed E-state index contributed by atoms with van der Waals surface area (Å²) in [5.41, 5.74) is -0.339. The Morgan fingerprint density at radius 3 is 2.85 bits per heavy atom. The van der Waals surface area contributed by atoms with E-state index in [2.05, 4.69) is 30.8 Å². The van der Waals surface area contributed by atoms with Crippen molar-refractivity contribution in [2.75, 3.05) is 19.3 Å². The molecule has 1 aromatic heterocycles. The molecule has 0 atom stereocenters. The monoisotopic (exact) mass is 299 g/mol. The van der Waals surface area contributed by atoms with Crippen LogP contribution in [0.15, 0.2) is 22.2 Å². The van der Waals surface area contributed by atoms with Crippen LogP contribution in [-0.2, 0) is 11.3 Å². The van der Waals surface area contributed by atoms with Crippen LogP contribution in [0.2, 0.25) is 0 Å². The van der Waals surface area contributed by atoms with Gasteiger partial charge < -0.3 is 14.6 Å². The number of carboxylic acids is 1. The third-order valence-corrected chi connectivity index (χ3v) is 3.94. The molecule has 0 saturated heterocycles. The van der Waals surface area contributed by atoms with E-state index in [1.54, 1.807) is 6.20 Å². The average molecular weight is 299 g/mol. The Hall–Kier alpha value is -1.34. The van der Waals surface area contributed by atoms with Crippen molar-refractivity contribution in [3.63, 3.8) is 0 Å². The molecule has 0 saturated carbocycles. The van der Waals surface area contributed by atoms with Crippen molar-refractivity contribution in [1.82, 2.24) is 14.5 Å². The highest BCUT2D eigenvalue weighted by Gasteiger charge is 2.08. The maximum absolute atomic E-state index is 11.3. The van der Waals surface area contributed by atoms with Crippen molar-refractivity contribution in [1.29, 1.82) is 0 Å². The van der Waals surface area contributed by atoms with Crippen LogP contribution in [0, 0.1) is 0 Å². The van der Waals surface area contributed by atoms with E-state index in [-0.39, 0.29) is 11.3 Å². The van der Waals surface area contributed by atoms with Gasteiger partial charge in [-0.15, -0.1) is 0 Å². The van der Waals surface area contributed by atoms with Gasteiger partial charge in [0.2, 0.25) is 0 Å². The standard InChI is InChI=1S/C13H21N3O3S/c1-10(2)15(3)6-4-7-16-8-5-11(17)14-13(16)20-9-12(18)19/h5,8,10H,4,6-7,9H2,1-3H3,(H,18,19). The lowest BCUT2D eigenvalue weighted by Gasteiger charge is -2.21. The molecule has 6 nitrogen and oxygen atoms in total. The summed E-state index contributed by atoms with van der Waals surface area (Å²) in [7, 11) is 2.06. The van der Waals surface area contributed by atoms with Crippen LogP contribution in [0.25, 0.3) is 0 Å². The quantitative estimate of drug-likeness (QED) is 0.573. The van der Waals surface area contributed by atoms with E-state index in [0.29, 0.717) is 17.7 Å². The number of nitrogens with zero attached hydrogens (tertiary/aromatic N) is 3. The molecule has 1 N–H and O–H groups in total. The smallest absolute Gasteiger partial charge is 0.313 e. The van der Waals surface area contributed by atoms with E-state index < -0.39 is 5.97 Å². The van der Waals surface area contributed by atoms with Crippen molar-refractivity contribution >= 4 is 17.7 Å². The van der Waals surface area contributed by atoms with Gasteiger partial charge in [0.25, 0.3) is 5.56 Å². The zero-order valence-corrected chi connectivity index (χ0v) is 12.9. The zero-order chi connectivity index (χ0) is 15.1. The molecule has 0 aliphatic rings. The minimum Gasteiger partial charge on any atom is -0.481 e. The van der Waals surface area contributed by atoms with Crippen molar-refractivity contribution < 1.29 is 9.90 Å². The minimum atomic E-state index is -0.917. The fourth-order valence-electron chi connectivity index (χ4n) is 1.57. The second-order valence-electron chi connectivity index (χ2n) is 4.85. The fraction of sp³-hybridized carbons (Fsp3) is 0.615. The molecule has 0 aromatic carbocycles. The number of aliphatic carboxylic acids is 1. The van der Waals surface area contributed by atoms with Crippen LogP contribution < -0.4 is 5.56 Å². The van der Waals surface area contributed by atoms with Gasteiger partial charge in [0, 0.05) is 24.8 Å². The number of carboxylic acid groups (broad SMARTS) is 1. The van der Waals surface area contributed by atoms with Gasteiger partial charge in [-0.3, -0.25) is 9.59 Å². The normalized spacial score (nSPS) is 11.2. The second kappa shape index (κ2) is 8.06. The van der Waals surface area contributed by atoms with E-state index in [1.165, 1.54) is 6.07 Å². The van der Waals surface area contributed by atoms with Crippen molar-refractivity contribution in [3.8, 4) is 0 Å². The Morgan fingerprint density at radius 1 is 1.55 bits per heavy atom. The third-order valence-electron chi connectivity index (χ3n) is 2.96. The molecular formula is C13H21N3O3S. The van der Waals surface area contributed by atoms with Gasteiger partial charge in [-0.1, -0.05) is 11.8 Å². The van der Waals surface area contributed by atoms with Gasteiger partial charge in [-0.25, -0.2) is 0 Å². The summed E-state index contributed by atoms with van der Waals surface area (Å²) in [6, 6.07) is 1.89. The predicted octanol–water partition coefficient (Wildman–Crippen LogP) is 1.15. The van der Waals surface area contributed by atoms with Crippen molar-refractivity contribution in [2.45, 2.75) is 38.0 Å². The minimum absolute atomic E-state index is 0.0949. The number of hydrogen-bond donors (Lipinski definition) is 1. The number of aromatic nitrogens is 2. The Morgan fingerprint density at radius 2 is 2.25 bits per heavy atom. The number of hydrogen-bond acceptors (Lipinski definition) is 5. The highest BCUT2D eigenvalue weighted by atomic mass is 32.2. The Labute approximate surface area is 122 Å². The van der Waals surface area contributed by atoms with Crippen LogP contribution in [0.1, 0.15) is 20.3 Å². The van der Waals surface area contributed by atoms with Gasteiger partial charge in [-0.05, 0) is 33.9 Å². The molecule has 112 valence electrons. The molecule has 0 bridgehead atoms. The summed E-state index contributed by atoms with van der Waals surface area (Å²) < 4.78 is 1.84. The summed E-state index contributed by atoms with van der Waals surface area (Å²) in [5.74, 6) is -1.01. The molecular weight excluding hydrogens is 278 g/mol. The predicted molar refractivity (Wildman–Crippen MR) is 79.2 cm³/mol. The van der Waals surface area contributed by atoms with Gasteiger partial charge in [0.05, 0.1) is 5.75 Å². The first-order chi connectivity index (χ1) is 9.40. The second-order valence-corrected chi connectivity index (χ2v) is 5.79. The first-order valence-corrected chi connectivity index (χ1v) is 7.51. The molecule has 0 radical (unpaired) electrons. The first kappa shape index (κ1) is 16.7. The lowest BCUT2D eigenvalue weighted by molar-refractivity contribution is -0.133. The molecule has 0 aliphatic heterocycles. The fourth-order valence-corrected chi connectivity index (χ4v) is 2.30. The summed E-state index contributed by atoms with van der Waals surface area (Å²) in [5, 5.41) is 9.17. The van der Waals surface area contributed by atoms with E-state index >= 15 is 0 Å². The summed E-state index contributed by atoms with van der Waals surface area (Å²) in [4.78, 5) is 28.0. The van der Waals surface area contributed by atoms with Crippen LogP contribution in [0.5, 0.6) is 0 Å². The molecule has 1 rings (SSSR count). The first-order valence-electron chi connectivity index (χ1n) is 6.52. The molecule has 0 spiro atoms. The average Bonchev–Trinajstić information content (AvgIpc) is 2.38. The van der Waals surface area contributed by atoms with E-state index in [9.17, 15) is 9.59 Å². The Balaban J connectivity index is 2.64. The highest BCUT2D eigenvalue weighted by Crippen LogP contribution is 2.13. The number of rotatable bonds is 8. The molecule has 1 aromatic rings. The topological polar surface area (TPSA) is 75.4 Å². The van der Waals surface area contributed by atoms with E-state index in [4.69, 9.17) is 5.11 Å². The lowest BCUT2D eigenvalue weighted by atomic mass is 10.3. The van der Waals surface area contributed by atoms with E-state index in [0.717, 1.165) is 24.7 Å². The van der Waals surface area contributed by atoms with E-state index in [1.807, 2.05) is 4.57 Å². The SMILES string of the molecule is CC(C)N(C)CCCn1ccc(=O)nc1SCC(=O)O. The maximum atomic E-state index is 11.3. The van der Waals surface area contributed by atoms with Crippen molar-refractivity contribution in [2.24, 2.45) is 0 Å². The van der Waals surface area contributed by atoms with Crippen LogP contribution in [0.4, 0.5) is 0 Å². The Kier molecular flexibility index (Phi) is 6.74. The van der Waals surface area contributed by atoms with Crippen molar-refractivity contribution in [3.05, 3.63) is 22.6 Å².